The third kappa shape index (κ3) is 1.37. The van der Waals surface area contributed by atoms with Gasteiger partial charge < -0.3 is 0 Å². The minimum atomic E-state index is 0.0410. The van der Waals surface area contributed by atoms with Crippen LogP contribution in [0.3, 0.4) is 0 Å². The first-order valence-corrected chi connectivity index (χ1v) is 6.52. The standard InChI is InChI=1S/C17H19N/c1-16(2)15(18-17(16,3)4)14-11-7-9-12-8-5-6-10-13(12)14/h5-11H,1-4H3. The number of hydrogen-bond donors (Lipinski definition) is 0. The Morgan fingerprint density at radius 1 is 0.833 bits per heavy atom. The van der Waals surface area contributed by atoms with Crippen molar-refractivity contribution in [1.82, 2.24) is 0 Å². The van der Waals surface area contributed by atoms with Crippen molar-refractivity contribution in [3.8, 4) is 0 Å². The predicted octanol–water partition coefficient (Wildman–Crippen LogP) is 4.45. The van der Waals surface area contributed by atoms with Gasteiger partial charge in [0.2, 0.25) is 0 Å². The average Bonchev–Trinajstić information content (AvgIpc) is 2.35. The molecule has 2 aromatic rings. The molecule has 0 radical (unpaired) electrons. The number of aliphatic imine (C=N–C) groups is 1. The minimum Gasteiger partial charge on any atom is -0.281 e. The SMILES string of the molecule is CC1(C)N=C(c2cccc3ccccc23)C1(C)C. The summed E-state index contributed by atoms with van der Waals surface area (Å²) in [5, 5.41) is 2.60. The van der Waals surface area contributed by atoms with Crippen molar-refractivity contribution >= 4 is 16.5 Å². The summed E-state index contributed by atoms with van der Waals surface area (Å²) in [6.07, 6.45) is 0. The third-order valence-electron chi connectivity index (χ3n) is 4.56. The lowest BCUT2D eigenvalue weighted by Gasteiger charge is -2.49. The molecule has 0 saturated carbocycles. The van der Waals surface area contributed by atoms with Crippen molar-refractivity contribution in [3.05, 3.63) is 48.0 Å². The van der Waals surface area contributed by atoms with Gasteiger partial charge in [-0.1, -0.05) is 56.3 Å². The number of rotatable bonds is 1. The maximum atomic E-state index is 4.84. The van der Waals surface area contributed by atoms with Gasteiger partial charge in [0, 0.05) is 11.0 Å². The first kappa shape index (κ1) is 11.5. The van der Waals surface area contributed by atoms with Gasteiger partial charge in [0.1, 0.15) is 0 Å². The zero-order valence-electron chi connectivity index (χ0n) is 11.5. The van der Waals surface area contributed by atoms with E-state index in [2.05, 4.69) is 70.2 Å². The van der Waals surface area contributed by atoms with Gasteiger partial charge >= 0.3 is 0 Å². The lowest BCUT2D eigenvalue weighted by molar-refractivity contribution is 0.254. The van der Waals surface area contributed by atoms with Crippen LogP contribution in [0.15, 0.2) is 47.5 Å². The molecule has 3 rings (SSSR count). The quantitative estimate of drug-likeness (QED) is 0.695. The van der Waals surface area contributed by atoms with Gasteiger partial charge in [-0.15, -0.1) is 0 Å². The fourth-order valence-corrected chi connectivity index (χ4v) is 2.62. The van der Waals surface area contributed by atoms with Gasteiger partial charge in [0.15, 0.2) is 0 Å². The van der Waals surface area contributed by atoms with Crippen LogP contribution in [0.1, 0.15) is 33.3 Å². The van der Waals surface area contributed by atoms with E-state index in [-0.39, 0.29) is 11.0 Å². The van der Waals surface area contributed by atoms with Crippen LogP contribution in [-0.4, -0.2) is 11.3 Å². The van der Waals surface area contributed by atoms with Crippen molar-refractivity contribution < 1.29 is 0 Å². The monoisotopic (exact) mass is 237 g/mol. The molecule has 0 N–H and O–H groups in total. The Morgan fingerprint density at radius 2 is 1.50 bits per heavy atom. The highest BCUT2D eigenvalue weighted by molar-refractivity contribution is 6.16. The van der Waals surface area contributed by atoms with E-state index in [0.717, 1.165) is 0 Å². The molecule has 0 fully saturated rings. The smallest absolute Gasteiger partial charge is 0.0661 e. The average molecular weight is 237 g/mol. The van der Waals surface area contributed by atoms with Gasteiger partial charge in [-0.2, -0.15) is 0 Å². The van der Waals surface area contributed by atoms with E-state index in [1.807, 2.05) is 0 Å². The molecule has 1 aliphatic rings. The zero-order chi connectivity index (χ0) is 13.0. The van der Waals surface area contributed by atoms with Crippen molar-refractivity contribution in [2.45, 2.75) is 33.2 Å². The Hall–Kier alpha value is -1.63. The second-order valence-corrected chi connectivity index (χ2v) is 6.17. The van der Waals surface area contributed by atoms with E-state index in [4.69, 9.17) is 4.99 Å². The lowest BCUT2D eigenvalue weighted by Crippen LogP contribution is -2.53. The number of hydrogen-bond acceptors (Lipinski definition) is 1. The highest BCUT2D eigenvalue weighted by Gasteiger charge is 2.49. The number of fused-ring (bicyclic) bond motifs is 1. The fourth-order valence-electron chi connectivity index (χ4n) is 2.62. The first-order chi connectivity index (χ1) is 8.43. The summed E-state index contributed by atoms with van der Waals surface area (Å²) < 4.78 is 0. The lowest BCUT2D eigenvalue weighted by atomic mass is 9.63. The molecule has 92 valence electrons. The van der Waals surface area contributed by atoms with E-state index < -0.39 is 0 Å². The number of nitrogens with zero attached hydrogens (tertiary/aromatic N) is 1. The van der Waals surface area contributed by atoms with E-state index in [1.165, 1.54) is 22.0 Å². The van der Waals surface area contributed by atoms with E-state index in [0.29, 0.717) is 0 Å². The summed E-state index contributed by atoms with van der Waals surface area (Å²) in [6, 6.07) is 15.0. The molecule has 0 atom stereocenters. The van der Waals surface area contributed by atoms with Crippen molar-refractivity contribution in [2.24, 2.45) is 10.4 Å². The Kier molecular flexibility index (Phi) is 2.19. The molecule has 0 unspecified atom stereocenters. The van der Waals surface area contributed by atoms with Gasteiger partial charge in [-0.3, -0.25) is 4.99 Å². The molecule has 1 heterocycles. The van der Waals surface area contributed by atoms with E-state index in [9.17, 15) is 0 Å². The van der Waals surface area contributed by atoms with Gasteiger partial charge in [0.05, 0.1) is 11.3 Å². The Morgan fingerprint density at radius 3 is 2.17 bits per heavy atom. The largest absolute Gasteiger partial charge is 0.281 e. The molecule has 0 saturated heterocycles. The molecule has 1 nitrogen and oxygen atoms in total. The highest BCUT2D eigenvalue weighted by atomic mass is 15.0. The Bertz CT molecular complexity index is 642. The Labute approximate surface area is 109 Å². The Balaban J connectivity index is 2.24. The van der Waals surface area contributed by atoms with Gasteiger partial charge in [0.25, 0.3) is 0 Å². The summed E-state index contributed by atoms with van der Waals surface area (Å²) in [5.41, 5.74) is 2.71. The summed E-state index contributed by atoms with van der Waals surface area (Å²) in [6.45, 7) is 9.00. The molecule has 0 bridgehead atoms. The van der Waals surface area contributed by atoms with Crippen LogP contribution in [0.5, 0.6) is 0 Å². The molecule has 0 aromatic heterocycles. The van der Waals surface area contributed by atoms with E-state index >= 15 is 0 Å². The molecule has 2 aromatic carbocycles. The van der Waals surface area contributed by atoms with Crippen LogP contribution in [0, 0.1) is 5.41 Å². The summed E-state index contributed by atoms with van der Waals surface area (Å²) in [4.78, 5) is 4.84. The van der Waals surface area contributed by atoms with Crippen molar-refractivity contribution in [3.63, 3.8) is 0 Å². The zero-order valence-corrected chi connectivity index (χ0v) is 11.5. The second kappa shape index (κ2) is 3.44. The van der Waals surface area contributed by atoms with Crippen LogP contribution >= 0.6 is 0 Å². The second-order valence-electron chi connectivity index (χ2n) is 6.17. The van der Waals surface area contributed by atoms with Crippen LogP contribution in [-0.2, 0) is 0 Å². The normalized spacial score (nSPS) is 20.3. The fraction of sp³-hybridized carbons (Fsp3) is 0.353. The highest BCUT2D eigenvalue weighted by Crippen LogP contribution is 2.47. The van der Waals surface area contributed by atoms with Gasteiger partial charge in [-0.25, -0.2) is 0 Å². The predicted molar refractivity (Wildman–Crippen MR) is 78.3 cm³/mol. The first-order valence-electron chi connectivity index (χ1n) is 6.52. The maximum absolute atomic E-state index is 4.84. The number of benzene rings is 2. The topological polar surface area (TPSA) is 12.4 Å². The molecule has 1 aliphatic heterocycles. The third-order valence-corrected chi connectivity index (χ3v) is 4.56. The van der Waals surface area contributed by atoms with Crippen molar-refractivity contribution in [1.29, 1.82) is 0 Å². The minimum absolute atomic E-state index is 0.0410. The van der Waals surface area contributed by atoms with Crippen molar-refractivity contribution in [2.75, 3.05) is 0 Å². The maximum Gasteiger partial charge on any atom is 0.0661 e. The molecule has 0 spiro atoms. The summed E-state index contributed by atoms with van der Waals surface area (Å²) >= 11 is 0. The van der Waals surface area contributed by atoms with Crippen LogP contribution in [0.25, 0.3) is 10.8 Å². The van der Waals surface area contributed by atoms with E-state index in [1.54, 1.807) is 0 Å². The van der Waals surface area contributed by atoms with Gasteiger partial charge in [-0.05, 0) is 24.6 Å². The summed E-state index contributed by atoms with van der Waals surface area (Å²) in [5.74, 6) is 0. The molecular formula is C17H19N. The molecule has 1 heteroatoms. The molecule has 18 heavy (non-hydrogen) atoms. The molecular weight excluding hydrogens is 218 g/mol. The summed E-state index contributed by atoms with van der Waals surface area (Å²) in [7, 11) is 0. The van der Waals surface area contributed by atoms with Crippen LogP contribution in [0.2, 0.25) is 0 Å². The van der Waals surface area contributed by atoms with Crippen LogP contribution < -0.4 is 0 Å². The molecule has 0 aliphatic carbocycles. The molecule has 0 amide bonds. The van der Waals surface area contributed by atoms with Crippen LogP contribution in [0.4, 0.5) is 0 Å².